The summed E-state index contributed by atoms with van der Waals surface area (Å²) in [4.78, 5) is 11.6. The van der Waals surface area contributed by atoms with Crippen LogP contribution in [0.1, 0.15) is 18.6 Å². The smallest absolute Gasteiger partial charge is 0.492 e. The number of esters is 1. The third-order valence-electron chi connectivity index (χ3n) is 3.59. The Bertz CT molecular complexity index is 542. The van der Waals surface area contributed by atoms with E-state index in [1.54, 1.807) is 25.3 Å². The molecule has 0 amide bonds. The van der Waals surface area contributed by atoms with Gasteiger partial charge in [-0.3, -0.25) is 0 Å². The van der Waals surface area contributed by atoms with Gasteiger partial charge in [-0.15, -0.1) is 0 Å². The van der Waals surface area contributed by atoms with Crippen LogP contribution >= 0.6 is 0 Å². The first-order chi connectivity index (χ1) is 9.49. The summed E-state index contributed by atoms with van der Waals surface area (Å²) in [5.41, 5.74) is 1.79. The van der Waals surface area contributed by atoms with Crippen molar-refractivity contribution in [3.8, 4) is 5.75 Å². The van der Waals surface area contributed by atoms with Gasteiger partial charge in [-0.2, -0.15) is 0 Å². The van der Waals surface area contributed by atoms with E-state index in [-0.39, 0.29) is 5.92 Å². The van der Waals surface area contributed by atoms with Crippen LogP contribution in [0.25, 0.3) is 0 Å². The quantitative estimate of drug-likeness (QED) is 0.501. The van der Waals surface area contributed by atoms with Gasteiger partial charge < -0.3 is 19.2 Å². The molecule has 106 valence electrons. The number of methoxy groups -OCH3 is 2. The van der Waals surface area contributed by atoms with E-state index in [1.807, 2.05) is 6.92 Å². The molecule has 2 atom stereocenters. The molecule has 1 aromatic carbocycles. The molecule has 1 aliphatic heterocycles. The standard InChI is InChI=1S/C14H17BO5/c1-8(9(2)14(16)19-4)13-11-7-10(18-3)5-6-12(11)15(17)20-13/h5-8,13,17H,2H2,1,3-4H3. The summed E-state index contributed by atoms with van der Waals surface area (Å²) < 4.78 is 15.4. The molecule has 0 radical (unpaired) electrons. The summed E-state index contributed by atoms with van der Waals surface area (Å²) in [6.07, 6.45) is -0.457. The zero-order valence-corrected chi connectivity index (χ0v) is 11.8. The number of hydrogen-bond donors (Lipinski definition) is 1. The van der Waals surface area contributed by atoms with E-state index in [0.29, 0.717) is 16.8 Å². The Kier molecular flexibility index (Phi) is 4.16. The van der Waals surface area contributed by atoms with E-state index >= 15 is 0 Å². The van der Waals surface area contributed by atoms with Gasteiger partial charge in [-0.05, 0) is 23.2 Å². The van der Waals surface area contributed by atoms with E-state index in [4.69, 9.17) is 9.39 Å². The van der Waals surface area contributed by atoms with E-state index in [0.717, 1.165) is 5.56 Å². The van der Waals surface area contributed by atoms with Crippen LogP contribution in [0.2, 0.25) is 0 Å². The van der Waals surface area contributed by atoms with Crippen LogP contribution in [0, 0.1) is 5.92 Å². The predicted molar refractivity (Wildman–Crippen MR) is 74.7 cm³/mol. The van der Waals surface area contributed by atoms with Crippen molar-refractivity contribution in [2.75, 3.05) is 14.2 Å². The molecule has 0 fully saturated rings. The highest BCUT2D eigenvalue weighted by Crippen LogP contribution is 2.35. The van der Waals surface area contributed by atoms with Crippen LogP contribution in [0.4, 0.5) is 0 Å². The first kappa shape index (κ1) is 14.6. The number of benzene rings is 1. The average Bonchev–Trinajstić information content (AvgIpc) is 2.81. The lowest BCUT2D eigenvalue weighted by Gasteiger charge is -2.21. The van der Waals surface area contributed by atoms with Gasteiger partial charge in [-0.25, -0.2) is 4.79 Å². The minimum atomic E-state index is -1.01. The lowest BCUT2D eigenvalue weighted by atomic mass is 9.78. The molecule has 1 N–H and O–H groups in total. The highest BCUT2D eigenvalue weighted by molar-refractivity contribution is 6.61. The Hall–Kier alpha value is -1.79. The molecule has 2 unspecified atom stereocenters. The molecular weight excluding hydrogens is 259 g/mol. The maximum Gasteiger partial charge on any atom is 0.492 e. The molecule has 0 bridgehead atoms. The van der Waals surface area contributed by atoms with Gasteiger partial charge in [0.15, 0.2) is 0 Å². The zero-order chi connectivity index (χ0) is 14.9. The fraction of sp³-hybridized carbons (Fsp3) is 0.357. The molecule has 5 nitrogen and oxygen atoms in total. The lowest BCUT2D eigenvalue weighted by molar-refractivity contribution is -0.137. The maximum absolute atomic E-state index is 11.6. The monoisotopic (exact) mass is 276 g/mol. The summed E-state index contributed by atoms with van der Waals surface area (Å²) in [5, 5.41) is 9.93. The van der Waals surface area contributed by atoms with Gasteiger partial charge in [0.2, 0.25) is 0 Å². The van der Waals surface area contributed by atoms with Crippen molar-refractivity contribution in [2.24, 2.45) is 5.92 Å². The van der Waals surface area contributed by atoms with Gasteiger partial charge in [-0.1, -0.05) is 19.6 Å². The summed E-state index contributed by atoms with van der Waals surface area (Å²) in [6, 6.07) is 5.32. The summed E-state index contributed by atoms with van der Waals surface area (Å²) in [6.45, 7) is 5.55. The summed E-state index contributed by atoms with van der Waals surface area (Å²) >= 11 is 0. The molecule has 0 saturated carbocycles. The molecule has 1 aliphatic rings. The maximum atomic E-state index is 11.6. The summed E-state index contributed by atoms with van der Waals surface area (Å²) in [5.74, 6) is -0.125. The molecule has 0 aliphatic carbocycles. The van der Waals surface area contributed by atoms with Gasteiger partial charge in [0.25, 0.3) is 0 Å². The van der Waals surface area contributed by atoms with E-state index in [1.165, 1.54) is 7.11 Å². The van der Waals surface area contributed by atoms with Crippen molar-refractivity contribution in [1.29, 1.82) is 0 Å². The number of rotatable bonds is 4. The topological polar surface area (TPSA) is 65.0 Å². The Labute approximate surface area is 118 Å². The Balaban J connectivity index is 2.33. The number of carbonyl (C=O) groups is 1. The minimum Gasteiger partial charge on any atom is -0.497 e. The van der Waals surface area contributed by atoms with E-state index in [9.17, 15) is 9.82 Å². The van der Waals surface area contributed by atoms with Crippen molar-refractivity contribution >= 4 is 18.6 Å². The Morgan fingerprint density at radius 2 is 2.20 bits per heavy atom. The summed E-state index contributed by atoms with van der Waals surface area (Å²) in [7, 11) is 1.87. The fourth-order valence-corrected chi connectivity index (χ4v) is 2.32. The zero-order valence-electron chi connectivity index (χ0n) is 11.8. The highest BCUT2D eigenvalue weighted by atomic mass is 16.5. The van der Waals surface area contributed by atoms with Crippen molar-refractivity contribution < 1.29 is 23.9 Å². The number of carbonyl (C=O) groups excluding carboxylic acids is 1. The minimum absolute atomic E-state index is 0.306. The first-order valence-electron chi connectivity index (χ1n) is 6.28. The van der Waals surface area contributed by atoms with Crippen LogP contribution in [0.3, 0.4) is 0 Å². The van der Waals surface area contributed by atoms with Crippen LogP contribution in [-0.2, 0) is 14.2 Å². The second-order valence-corrected chi connectivity index (χ2v) is 4.71. The highest BCUT2D eigenvalue weighted by Gasteiger charge is 2.39. The molecular formula is C14H17BO5. The lowest BCUT2D eigenvalue weighted by Crippen LogP contribution is -2.28. The SMILES string of the molecule is C=C(C(=O)OC)C(C)C1OB(O)c2ccc(OC)cc21. The molecule has 6 heteroatoms. The van der Waals surface area contributed by atoms with E-state index < -0.39 is 19.2 Å². The van der Waals surface area contributed by atoms with Crippen molar-refractivity contribution in [1.82, 2.24) is 0 Å². The van der Waals surface area contributed by atoms with Crippen LogP contribution in [-0.4, -0.2) is 32.3 Å². The number of ether oxygens (including phenoxy) is 2. The van der Waals surface area contributed by atoms with Crippen molar-refractivity contribution in [3.63, 3.8) is 0 Å². The van der Waals surface area contributed by atoms with Gasteiger partial charge in [0.05, 0.1) is 20.3 Å². The van der Waals surface area contributed by atoms with Gasteiger partial charge in [0.1, 0.15) is 5.75 Å². The fourth-order valence-electron chi connectivity index (χ4n) is 2.32. The first-order valence-corrected chi connectivity index (χ1v) is 6.28. The van der Waals surface area contributed by atoms with Crippen LogP contribution in [0.5, 0.6) is 5.75 Å². The molecule has 2 rings (SSSR count). The molecule has 0 saturated heterocycles. The van der Waals surface area contributed by atoms with Gasteiger partial charge >= 0.3 is 13.1 Å². The Morgan fingerprint density at radius 1 is 1.50 bits per heavy atom. The molecule has 0 spiro atoms. The largest absolute Gasteiger partial charge is 0.497 e. The second kappa shape index (κ2) is 5.69. The third kappa shape index (κ3) is 2.44. The molecule has 1 aromatic rings. The predicted octanol–water partition coefficient (Wildman–Crippen LogP) is 0.819. The second-order valence-electron chi connectivity index (χ2n) is 4.71. The molecule has 0 aromatic heterocycles. The molecule has 1 heterocycles. The van der Waals surface area contributed by atoms with Crippen molar-refractivity contribution in [2.45, 2.75) is 13.0 Å². The molecule has 20 heavy (non-hydrogen) atoms. The Morgan fingerprint density at radius 3 is 2.80 bits per heavy atom. The van der Waals surface area contributed by atoms with Gasteiger partial charge in [0, 0.05) is 11.5 Å². The van der Waals surface area contributed by atoms with Crippen molar-refractivity contribution in [3.05, 3.63) is 35.9 Å². The number of hydrogen-bond acceptors (Lipinski definition) is 5. The van der Waals surface area contributed by atoms with E-state index in [2.05, 4.69) is 11.3 Å². The normalized spacial score (nSPS) is 18.4. The number of fused-ring (bicyclic) bond motifs is 1. The van der Waals surface area contributed by atoms with Crippen LogP contribution in [0.15, 0.2) is 30.4 Å². The average molecular weight is 276 g/mol. The third-order valence-corrected chi connectivity index (χ3v) is 3.59. The van der Waals surface area contributed by atoms with Crippen LogP contribution < -0.4 is 10.2 Å².